The first-order valence-electron chi connectivity index (χ1n) is 11.5. The molecule has 1 fully saturated rings. The summed E-state index contributed by atoms with van der Waals surface area (Å²) in [7, 11) is 4.80. The lowest BCUT2D eigenvalue weighted by Crippen LogP contribution is -2.40. The minimum absolute atomic E-state index is 0.0175. The van der Waals surface area contributed by atoms with Crippen LogP contribution in [-0.4, -0.2) is 70.3 Å². The molecule has 1 aliphatic rings. The zero-order chi connectivity index (χ0) is 26.7. The fourth-order valence-corrected chi connectivity index (χ4v) is 5.18. The third-order valence-corrected chi connectivity index (χ3v) is 7.48. The molecule has 3 aromatic rings. The molecular weight excluding hydrogens is 523 g/mol. The minimum atomic E-state index is -0.827. The van der Waals surface area contributed by atoms with Gasteiger partial charge in [0.1, 0.15) is 5.75 Å². The molecule has 4 rings (SSSR count). The number of hydrogen-bond acceptors (Lipinski definition) is 9. The van der Waals surface area contributed by atoms with E-state index < -0.39 is 11.7 Å². The highest BCUT2D eigenvalue weighted by molar-refractivity contribution is 7.17. The number of aromatic nitrogens is 4. The van der Waals surface area contributed by atoms with Crippen LogP contribution in [0.3, 0.4) is 0 Å². The van der Waals surface area contributed by atoms with Crippen molar-refractivity contribution in [3.63, 3.8) is 0 Å². The standard InChI is InChI=1S/C24H26ClFN6O4S/c1-12-9-15(18-17(36-4)11-28-20(25)19(18)26)16(10-27-12)21(33)29-24-31-30-22(37-24)23(34)32(2)13-5-7-14(35-3)8-6-13/h9-11,13-14H,5-8H2,1-4H3,(H,29,31,33)/t13-,14-. The van der Waals surface area contributed by atoms with Gasteiger partial charge in [-0.3, -0.25) is 19.9 Å². The molecule has 0 saturated heterocycles. The number of methoxy groups -OCH3 is 2. The number of anilines is 1. The Hall–Kier alpha value is -3.22. The Morgan fingerprint density at radius 1 is 1.16 bits per heavy atom. The monoisotopic (exact) mass is 548 g/mol. The average molecular weight is 549 g/mol. The smallest absolute Gasteiger partial charge is 0.284 e. The summed E-state index contributed by atoms with van der Waals surface area (Å²) in [4.78, 5) is 35.8. The van der Waals surface area contributed by atoms with Crippen LogP contribution >= 0.6 is 22.9 Å². The van der Waals surface area contributed by atoms with Gasteiger partial charge < -0.3 is 14.4 Å². The molecule has 3 aromatic heterocycles. The van der Waals surface area contributed by atoms with E-state index in [1.807, 2.05) is 0 Å². The molecule has 1 aliphatic carbocycles. The molecule has 0 unspecified atom stereocenters. The molecule has 13 heteroatoms. The normalized spacial score (nSPS) is 17.4. The zero-order valence-corrected chi connectivity index (χ0v) is 22.3. The Morgan fingerprint density at radius 3 is 2.57 bits per heavy atom. The van der Waals surface area contributed by atoms with E-state index in [4.69, 9.17) is 21.1 Å². The largest absolute Gasteiger partial charge is 0.494 e. The molecule has 10 nitrogen and oxygen atoms in total. The predicted octanol–water partition coefficient (Wildman–Crippen LogP) is 4.39. The number of hydrogen-bond donors (Lipinski definition) is 1. The topological polar surface area (TPSA) is 119 Å². The summed E-state index contributed by atoms with van der Waals surface area (Å²) in [5, 5.41) is 10.5. The van der Waals surface area contributed by atoms with Crippen LogP contribution in [0.2, 0.25) is 5.15 Å². The first kappa shape index (κ1) is 26.8. The fourth-order valence-electron chi connectivity index (χ4n) is 4.31. The van der Waals surface area contributed by atoms with E-state index in [-0.39, 0.29) is 55.8 Å². The van der Waals surface area contributed by atoms with Crippen molar-refractivity contribution in [2.45, 2.75) is 44.8 Å². The van der Waals surface area contributed by atoms with E-state index in [1.165, 1.54) is 19.5 Å². The van der Waals surface area contributed by atoms with Crippen LogP contribution in [0, 0.1) is 12.7 Å². The van der Waals surface area contributed by atoms with E-state index in [9.17, 15) is 9.59 Å². The summed E-state index contributed by atoms with van der Waals surface area (Å²) in [6.45, 7) is 1.71. The van der Waals surface area contributed by atoms with Gasteiger partial charge >= 0.3 is 0 Å². The third-order valence-electron chi connectivity index (χ3n) is 6.39. The summed E-state index contributed by atoms with van der Waals surface area (Å²) in [6, 6.07) is 1.63. The van der Waals surface area contributed by atoms with Gasteiger partial charge in [-0.25, -0.2) is 9.37 Å². The lowest BCUT2D eigenvalue weighted by molar-refractivity contribution is 0.0385. The van der Waals surface area contributed by atoms with Crippen molar-refractivity contribution in [1.29, 1.82) is 0 Å². The Kier molecular flexibility index (Phi) is 8.30. The molecule has 0 radical (unpaired) electrons. The highest BCUT2D eigenvalue weighted by Gasteiger charge is 2.29. The SMILES string of the molecule is COc1cnc(Cl)c(F)c1-c1cc(C)ncc1C(=O)Nc1nnc(C(=O)N(C)[C@H]2CC[C@H](OC)CC2)s1. The molecule has 2 amide bonds. The number of aryl methyl sites for hydroxylation is 1. The number of nitrogens with zero attached hydrogens (tertiary/aromatic N) is 5. The van der Waals surface area contributed by atoms with Crippen molar-refractivity contribution < 1.29 is 23.5 Å². The van der Waals surface area contributed by atoms with Crippen LogP contribution in [0.15, 0.2) is 18.5 Å². The first-order valence-corrected chi connectivity index (χ1v) is 12.7. The van der Waals surface area contributed by atoms with E-state index in [0.717, 1.165) is 37.0 Å². The molecule has 1 saturated carbocycles. The molecule has 0 spiro atoms. The van der Waals surface area contributed by atoms with Crippen molar-refractivity contribution in [3.8, 4) is 16.9 Å². The average Bonchev–Trinajstić information content (AvgIpc) is 3.37. The van der Waals surface area contributed by atoms with Gasteiger partial charge in [0, 0.05) is 37.7 Å². The molecule has 0 atom stereocenters. The van der Waals surface area contributed by atoms with Gasteiger partial charge in [0.2, 0.25) is 10.1 Å². The van der Waals surface area contributed by atoms with Gasteiger partial charge in [0.25, 0.3) is 11.8 Å². The predicted molar refractivity (Wildman–Crippen MR) is 137 cm³/mol. The molecular formula is C24H26ClFN6O4S. The number of carbonyl (C=O) groups is 2. The van der Waals surface area contributed by atoms with E-state index in [0.29, 0.717) is 5.69 Å². The number of nitrogens with one attached hydrogen (secondary N) is 1. The maximum Gasteiger partial charge on any atom is 0.284 e. The lowest BCUT2D eigenvalue weighted by atomic mass is 9.92. The molecule has 3 heterocycles. The second-order valence-electron chi connectivity index (χ2n) is 8.63. The van der Waals surface area contributed by atoms with Crippen LogP contribution in [-0.2, 0) is 4.74 Å². The van der Waals surface area contributed by atoms with Crippen molar-refractivity contribution in [3.05, 3.63) is 45.7 Å². The Balaban J connectivity index is 1.54. The summed E-state index contributed by atoms with van der Waals surface area (Å²) < 4.78 is 25.7. The van der Waals surface area contributed by atoms with Crippen LogP contribution < -0.4 is 10.1 Å². The number of amides is 2. The summed E-state index contributed by atoms with van der Waals surface area (Å²) in [6.07, 6.45) is 6.27. The van der Waals surface area contributed by atoms with Crippen LogP contribution in [0.25, 0.3) is 11.1 Å². The number of ether oxygens (including phenoxy) is 2. The quantitative estimate of drug-likeness (QED) is 0.432. The minimum Gasteiger partial charge on any atom is -0.494 e. The number of halogens is 2. The molecule has 0 bridgehead atoms. The molecule has 1 N–H and O–H groups in total. The van der Waals surface area contributed by atoms with Crippen molar-refractivity contribution in [1.82, 2.24) is 25.1 Å². The molecule has 0 aromatic carbocycles. The number of rotatable bonds is 7. The third kappa shape index (κ3) is 5.71. The van der Waals surface area contributed by atoms with Crippen molar-refractivity contribution >= 4 is 39.9 Å². The summed E-state index contributed by atoms with van der Waals surface area (Å²) in [5.41, 5.74) is 0.805. The van der Waals surface area contributed by atoms with E-state index in [2.05, 4.69) is 25.5 Å². The maximum atomic E-state index is 15.0. The van der Waals surface area contributed by atoms with Crippen LogP contribution in [0.4, 0.5) is 9.52 Å². The summed E-state index contributed by atoms with van der Waals surface area (Å²) in [5.74, 6) is -1.60. The van der Waals surface area contributed by atoms with Gasteiger partial charge in [0.15, 0.2) is 11.0 Å². The van der Waals surface area contributed by atoms with Gasteiger partial charge in [-0.05, 0) is 38.7 Å². The number of carbonyl (C=O) groups excluding carboxylic acids is 2. The van der Waals surface area contributed by atoms with Crippen molar-refractivity contribution in [2.24, 2.45) is 0 Å². The highest BCUT2D eigenvalue weighted by atomic mass is 35.5. The molecule has 0 aliphatic heterocycles. The second-order valence-corrected chi connectivity index (χ2v) is 9.96. The van der Waals surface area contributed by atoms with E-state index in [1.54, 1.807) is 32.0 Å². The van der Waals surface area contributed by atoms with Crippen molar-refractivity contribution in [2.75, 3.05) is 26.6 Å². The zero-order valence-electron chi connectivity index (χ0n) is 20.7. The highest BCUT2D eigenvalue weighted by Crippen LogP contribution is 2.37. The lowest BCUT2D eigenvalue weighted by Gasteiger charge is -2.33. The number of pyridine rings is 2. The first-order chi connectivity index (χ1) is 17.7. The second kappa shape index (κ2) is 11.4. The Bertz CT molecular complexity index is 1310. The van der Waals surface area contributed by atoms with Gasteiger partial charge in [0.05, 0.1) is 30.5 Å². The maximum absolute atomic E-state index is 15.0. The Morgan fingerprint density at radius 2 is 1.89 bits per heavy atom. The summed E-state index contributed by atoms with van der Waals surface area (Å²) >= 11 is 6.87. The van der Waals surface area contributed by atoms with Gasteiger partial charge in [-0.2, -0.15) is 0 Å². The fraction of sp³-hybridized carbons (Fsp3) is 0.417. The molecule has 37 heavy (non-hydrogen) atoms. The molecule has 196 valence electrons. The van der Waals surface area contributed by atoms with Gasteiger partial charge in [-0.15, -0.1) is 10.2 Å². The van der Waals surface area contributed by atoms with Crippen LogP contribution in [0.1, 0.15) is 51.5 Å². The van der Waals surface area contributed by atoms with Crippen LogP contribution in [0.5, 0.6) is 5.75 Å². The van der Waals surface area contributed by atoms with Gasteiger partial charge in [-0.1, -0.05) is 22.9 Å². The van der Waals surface area contributed by atoms with E-state index >= 15 is 4.39 Å². The Labute approximate surface area is 222 Å².